The second-order valence-electron chi connectivity index (χ2n) is 9.35. The quantitative estimate of drug-likeness (QED) is 0.377. The first-order valence-corrected chi connectivity index (χ1v) is 13.1. The van der Waals surface area contributed by atoms with Gasteiger partial charge >= 0.3 is 0 Å². The summed E-state index contributed by atoms with van der Waals surface area (Å²) in [5.41, 5.74) is 3.78. The Morgan fingerprint density at radius 1 is 0.912 bits per heavy atom. The molecule has 4 heterocycles. The minimum atomic E-state index is 0.194. The smallest absolute Gasteiger partial charge is 0.141 e. The fourth-order valence-electron chi connectivity index (χ4n) is 5.36. The summed E-state index contributed by atoms with van der Waals surface area (Å²) in [5, 5.41) is 3.43. The van der Waals surface area contributed by atoms with E-state index in [4.69, 9.17) is 9.72 Å². The Balaban J connectivity index is 1.13. The van der Waals surface area contributed by atoms with Gasteiger partial charge in [-0.05, 0) is 29.9 Å². The number of morpholine rings is 1. The number of fused-ring (bicyclic) bond motifs is 1. The van der Waals surface area contributed by atoms with Gasteiger partial charge in [-0.3, -0.25) is 4.90 Å². The summed E-state index contributed by atoms with van der Waals surface area (Å²) >= 11 is 1.71. The summed E-state index contributed by atoms with van der Waals surface area (Å²) in [6.07, 6.45) is 4.32. The molecule has 1 unspecified atom stereocenters. The number of hydrogen-bond acceptors (Lipinski definition) is 6. The van der Waals surface area contributed by atoms with Crippen molar-refractivity contribution in [3.8, 4) is 11.1 Å². The molecule has 0 amide bonds. The number of thiophene rings is 1. The van der Waals surface area contributed by atoms with Crippen LogP contribution < -0.4 is 4.90 Å². The molecule has 2 aromatic carbocycles. The lowest BCUT2D eigenvalue weighted by Gasteiger charge is -2.38. The van der Waals surface area contributed by atoms with E-state index >= 15 is 0 Å². The van der Waals surface area contributed by atoms with Gasteiger partial charge in [-0.25, -0.2) is 9.97 Å². The van der Waals surface area contributed by atoms with E-state index in [9.17, 15) is 0 Å². The lowest BCUT2D eigenvalue weighted by Crippen LogP contribution is -2.44. The van der Waals surface area contributed by atoms with Crippen molar-refractivity contribution in [2.24, 2.45) is 5.92 Å². The molecule has 6 heteroatoms. The van der Waals surface area contributed by atoms with Crippen molar-refractivity contribution in [3.05, 3.63) is 77.9 Å². The van der Waals surface area contributed by atoms with Crippen molar-refractivity contribution >= 4 is 27.4 Å². The molecule has 2 saturated heterocycles. The number of aromatic nitrogens is 2. The topological polar surface area (TPSA) is 41.5 Å². The van der Waals surface area contributed by atoms with Gasteiger partial charge in [0.2, 0.25) is 0 Å². The monoisotopic (exact) mass is 470 g/mol. The summed E-state index contributed by atoms with van der Waals surface area (Å²) in [5.74, 6) is 1.82. The van der Waals surface area contributed by atoms with Gasteiger partial charge in [-0.1, -0.05) is 60.7 Å². The first kappa shape index (κ1) is 21.7. The summed E-state index contributed by atoms with van der Waals surface area (Å²) < 4.78 is 6.08. The highest BCUT2D eigenvalue weighted by Crippen LogP contribution is 2.38. The van der Waals surface area contributed by atoms with Crippen LogP contribution in [0.15, 0.2) is 72.4 Å². The average Bonchev–Trinajstić information content (AvgIpc) is 3.35. The highest BCUT2D eigenvalue weighted by atomic mass is 32.1. The molecule has 6 rings (SSSR count). The molecule has 2 aliphatic heterocycles. The van der Waals surface area contributed by atoms with Crippen LogP contribution in [0.4, 0.5) is 5.82 Å². The zero-order valence-corrected chi connectivity index (χ0v) is 20.2. The molecular weight excluding hydrogens is 440 g/mol. The van der Waals surface area contributed by atoms with Crippen LogP contribution in [0.25, 0.3) is 21.3 Å². The molecule has 2 aliphatic rings. The maximum atomic E-state index is 6.08. The third kappa shape index (κ3) is 4.45. The Morgan fingerprint density at radius 3 is 2.47 bits per heavy atom. The van der Waals surface area contributed by atoms with Crippen LogP contribution in [0, 0.1) is 5.92 Å². The number of nitrogens with zero attached hydrogens (tertiary/aromatic N) is 4. The third-order valence-corrected chi connectivity index (χ3v) is 8.07. The van der Waals surface area contributed by atoms with Crippen molar-refractivity contribution in [3.63, 3.8) is 0 Å². The molecule has 5 nitrogen and oxygen atoms in total. The Labute approximate surface area is 205 Å². The summed E-state index contributed by atoms with van der Waals surface area (Å²) in [6, 6.07) is 21.3. The van der Waals surface area contributed by atoms with Crippen molar-refractivity contribution in [2.45, 2.75) is 18.9 Å². The molecule has 2 aromatic heterocycles. The van der Waals surface area contributed by atoms with Crippen LogP contribution in [-0.4, -0.2) is 54.2 Å². The zero-order chi connectivity index (χ0) is 22.7. The highest BCUT2D eigenvalue weighted by Gasteiger charge is 2.28. The van der Waals surface area contributed by atoms with E-state index in [1.165, 1.54) is 34.9 Å². The minimum absolute atomic E-state index is 0.194. The number of rotatable bonds is 5. The fourth-order valence-corrected chi connectivity index (χ4v) is 6.27. The molecule has 4 aromatic rings. The third-order valence-electron chi connectivity index (χ3n) is 7.19. The van der Waals surface area contributed by atoms with Crippen LogP contribution in [0.5, 0.6) is 0 Å². The lowest BCUT2D eigenvalue weighted by molar-refractivity contribution is -0.0354. The fraction of sp³-hybridized carbons (Fsp3) is 0.357. The summed E-state index contributed by atoms with van der Waals surface area (Å²) in [7, 11) is 0. The first-order valence-electron chi connectivity index (χ1n) is 12.3. The molecule has 0 radical (unpaired) electrons. The molecule has 1 atom stereocenters. The zero-order valence-electron chi connectivity index (χ0n) is 19.3. The van der Waals surface area contributed by atoms with Gasteiger partial charge in [0.05, 0.1) is 18.1 Å². The van der Waals surface area contributed by atoms with E-state index in [0.717, 1.165) is 55.9 Å². The normalized spacial score (nSPS) is 20.1. The van der Waals surface area contributed by atoms with Gasteiger partial charge in [0, 0.05) is 43.7 Å². The number of hydrogen-bond donors (Lipinski definition) is 0. The van der Waals surface area contributed by atoms with E-state index in [0.29, 0.717) is 0 Å². The largest absolute Gasteiger partial charge is 0.371 e. The lowest BCUT2D eigenvalue weighted by atomic mass is 9.95. The molecule has 0 aliphatic carbocycles. The maximum Gasteiger partial charge on any atom is 0.141 e. The molecular formula is C28H30N4OS. The van der Waals surface area contributed by atoms with E-state index < -0.39 is 0 Å². The molecule has 0 spiro atoms. The van der Waals surface area contributed by atoms with Gasteiger partial charge < -0.3 is 9.64 Å². The Kier molecular flexibility index (Phi) is 6.27. The SMILES string of the molecule is c1ccc(-c2csc3ncnc(N4CCC(CN5CCOC(c6ccccc6)C5)CC4)c23)cc1. The van der Waals surface area contributed by atoms with E-state index in [1.807, 2.05) is 0 Å². The highest BCUT2D eigenvalue weighted by molar-refractivity contribution is 7.17. The van der Waals surface area contributed by atoms with E-state index in [1.54, 1.807) is 17.7 Å². The van der Waals surface area contributed by atoms with Crippen LogP contribution in [0.3, 0.4) is 0 Å². The Hall–Kier alpha value is -2.80. The number of ether oxygens (including phenoxy) is 1. The molecule has 2 fully saturated rings. The van der Waals surface area contributed by atoms with Crippen LogP contribution in [0.1, 0.15) is 24.5 Å². The number of benzene rings is 2. The van der Waals surface area contributed by atoms with Gasteiger partial charge in [-0.15, -0.1) is 11.3 Å². The van der Waals surface area contributed by atoms with Gasteiger partial charge in [0.1, 0.15) is 17.0 Å². The summed E-state index contributed by atoms with van der Waals surface area (Å²) in [4.78, 5) is 15.5. The predicted molar refractivity (Wildman–Crippen MR) is 139 cm³/mol. The molecule has 34 heavy (non-hydrogen) atoms. The van der Waals surface area contributed by atoms with E-state index in [-0.39, 0.29) is 6.10 Å². The van der Waals surface area contributed by atoms with E-state index in [2.05, 4.69) is 80.8 Å². The standard InChI is InChI=1S/C28H30N4OS/c1-3-7-22(8-4-1)24-19-34-28-26(24)27(29-20-30-28)32-13-11-21(12-14-32)17-31-15-16-33-25(18-31)23-9-5-2-6-10-23/h1-10,19-21,25H,11-18H2. The van der Waals surface area contributed by atoms with Crippen molar-refractivity contribution in [1.82, 2.24) is 14.9 Å². The minimum Gasteiger partial charge on any atom is -0.371 e. The van der Waals surface area contributed by atoms with Gasteiger partial charge in [0.15, 0.2) is 0 Å². The number of piperidine rings is 1. The molecule has 0 N–H and O–H groups in total. The Bertz CT molecular complexity index is 1220. The van der Waals surface area contributed by atoms with Crippen LogP contribution in [-0.2, 0) is 4.74 Å². The molecule has 0 saturated carbocycles. The van der Waals surface area contributed by atoms with Gasteiger partial charge in [-0.2, -0.15) is 0 Å². The first-order chi connectivity index (χ1) is 16.8. The van der Waals surface area contributed by atoms with Gasteiger partial charge in [0.25, 0.3) is 0 Å². The summed E-state index contributed by atoms with van der Waals surface area (Å²) in [6.45, 7) is 6.10. The Morgan fingerprint density at radius 2 is 1.68 bits per heavy atom. The maximum absolute atomic E-state index is 6.08. The second-order valence-corrected chi connectivity index (χ2v) is 10.2. The van der Waals surface area contributed by atoms with Crippen molar-refractivity contribution in [1.29, 1.82) is 0 Å². The average molecular weight is 471 g/mol. The van der Waals surface area contributed by atoms with Crippen LogP contribution >= 0.6 is 11.3 Å². The molecule has 0 bridgehead atoms. The molecule has 174 valence electrons. The van der Waals surface area contributed by atoms with Crippen LogP contribution in [0.2, 0.25) is 0 Å². The predicted octanol–water partition coefficient (Wildman–Crippen LogP) is 5.65. The second kappa shape index (κ2) is 9.82. The number of anilines is 1. The van der Waals surface area contributed by atoms with Crippen molar-refractivity contribution < 1.29 is 4.74 Å². The van der Waals surface area contributed by atoms with Crippen molar-refractivity contribution in [2.75, 3.05) is 44.2 Å².